The van der Waals surface area contributed by atoms with Crippen molar-refractivity contribution in [3.8, 4) is 0 Å². The van der Waals surface area contributed by atoms with Crippen molar-refractivity contribution in [2.24, 2.45) is 0 Å². The van der Waals surface area contributed by atoms with E-state index < -0.39 is 18.3 Å². The second-order valence-corrected chi connectivity index (χ2v) is 6.76. The summed E-state index contributed by atoms with van der Waals surface area (Å²) in [7, 11) is -0.498. The molecule has 2 aliphatic rings. The summed E-state index contributed by atoms with van der Waals surface area (Å²) in [5.74, 6) is 0.172. The first-order chi connectivity index (χ1) is 9.28. The lowest BCUT2D eigenvalue weighted by Crippen LogP contribution is -2.41. The summed E-state index contributed by atoms with van der Waals surface area (Å²) in [6.07, 6.45) is 0. The van der Waals surface area contributed by atoms with Gasteiger partial charge in [0.1, 0.15) is 5.82 Å². The zero-order valence-corrected chi connectivity index (χ0v) is 12.5. The maximum absolute atomic E-state index is 13.9. The van der Waals surface area contributed by atoms with Gasteiger partial charge in [0.25, 0.3) is 0 Å². The number of nitrogens with one attached hydrogen (secondary N) is 1. The van der Waals surface area contributed by atoms with E-state index in [4.69, 9.17) is 9.31 Å². The van der Waals surface area contributed by atoms with Gasteiger partial charge in [-0.3, -0.25) is 0 Å². The van der Waals surface area contributed by atoms with E-state index in [1.54, 1.807) is 6.07 Å². The first-order valence-corrected chi connectivity index (χ1v) is 7.15. The van der Waals surface area contributed by atoms with E-state index in [-0.39, 0.29) is 5.82 Å². The Morgan fingerprint density at radius 3 is 2.20 bits per heavy atom. The highest BCUT2D eigenvalue weighted by atomic mass is 19.1. The van der Waals surface area contributed by atoms with Crippen molar-refractivity contribution >= 4 is 12.6 Å². The fourth-order valence-electron chi connectivity index (χ4n) is 2.51. The van der Waals surface area contributed by atoms with E-state index in [0.29, 0.717) is 5.92 Å². The molecule has 0 amide bonds. The van der Waals surface area contributed by atoms with Gasteiger partial charge in [-0.25, -0.2) is 4.39 Å². The molecule has 5 heteroatoms. The molecule has 1 N–H and O–H groups in total. The molecule has 0 aliphatic carbocycles. The quantitative estimate of drug-likeness (QED) is 0.836. The van der Waals surface area contributed by atoms with E-state index in [9.17, 15) is 4.39 Å². The van der Waals surface area contributed by atoms with Gasteiger partial charge in [-0.15, -0.1) is 0 Å². The molecule has 2 heterocycles. The molecule has 0 unspecified atom stereocenters. The predicted octanol–water partition coefficient (Wildman–Crippen LogP) is 1.81. The van der Waals surface area contributed by atoms with Crippen molar-refractivity contribution in [3.63, 3.8) is 0 Å². The average molecular weight is 277 g/mol. The fourth-order valence-corrected chi connectivity index (χ4v) is 2.51. The Hall–Kier alpha value is -0.905. The second-order valence-electron chi connectivity index (χ2n) is 6.76. The van der Waals surface area contributed by atoms with Crippen molar-refractivity contribution < 1.29 is 13.7 Å². The molecule has 0 atom stereocenters. The minimum Gasteiger partial charge on any atom is -0.399 e. The van der Waals surface area contributed by atoms with Gasteiger partial charge in [0.05, 0.1) is 11.2 Å². The second kappa shape index (κ2) is 4.55. The van der Waals surface area contributed by atoms with Crippen molar-refractivity contribution in [2.45, 2.75) is 44.8 Å². The highest BCUT2D eigenvalue weighted by molar-refractivity contribution is 6.62. The molecule has 0 radical (unpaired) electrons. The molecule has 0 saturated carbocycles. The summed E-state index contributed by atoms with van der Waals surface area (Å²) in [6.45, 7) is 9.83. The molecular formula is C15H21BFNO2. The molecule has 108 valence electrons. The molecule has 1 aromatic rings. The SMILES string of the molecule is CC1(C)OB(c2cc(F)cc(C3CNC3)c2)OC1(C)C. The lowest BCUT2D eigenvalue weighted by Gasteiger charge is -2.32. The van der Waals surface area contributed by atoms with Gasteiger partial charge in [-0.05, 0) is 50.9 Å². The number of benzene rings is 1. The van der Waals surface area contributed by atoms with E-state index >= 15 is 0 Å². The summed E-state index contributed by atoms with van der Waals surface area (Å²) in [5.41, 5.74) is 0.990. The highest BCUT2D eigenvalue weighted by Crippen LogP contribution is 2.36. The topological polar surface area (TPSA) is 30.5 Å². The minimum atomic E-state index is -0.498. The third-order valence-electron chi connectivity index (χ3n) is 4.72. The van der Waals surface area contributed by atoms with Crippen LogP contribution in [-0.4, -0.2) is 31.4 Å². The Labute approximate surface area is 120 Å². The predicted molar refractivity (Wildman–Crippen MR) is 77.7 cm³/mol. The Bertz CT molecular complexity index is 513. The van der Waals surface area contributed by atoms with Crippen LogP contribution in [0.15, 0.2) is 18.2 Å². The molecule has 1 aromatic carbocycles. The minimum absolute atomic E-state index is 0.223. The first kappa shape index (κ1) is 14.0. The van der Waals surface area contributed by atoms with Crippen LogP contribution in [0, 0.1) is 5.82 Å². The molecular weight excluding hydrogens is 256 g/mol. The summed E-state index contributed by atoms with van der Waals surface area (Å²) < 4.78 is 25.8. The Morgan fingerprint density at radius 2 is 1.70 bits per heavy atom. The van der Waals surface area contributed by atoms with Crippen LogP contribution in [-0.2, 0) is 9.31 Å². The third kappa shape index (κ3) is 2.28. The molecule has 0 bridgehead atoms. The van der Waals surface area contributed by atoms with E-state index in [2.05, 4.69) is 5.32 Å². The molecule has 2 saturated heterocycles. The van der Waals surface area contributed by atoms with Gasteiger partial charge in [-0.1, -0.05) is 6.07 Å². The van der Waals surface area contributed by atoms with Crippen LogP contribution in [0.2, 0.25) is 0 Å². The van der Waals surface area contributed by atoms with E-state index in [0.717, 1.165) is 24.1 Å². The lowest BCUT2D eigenvalue weighted by molar-refractivity contribution is 0.00578. The van der Waals surface area contributed by atoms with E-state index in [1.807, 2.05) is 33.8 Å². The molecule has 3 rings (SSSR count). The number of halogens is 1. The van der Waals surface area contributed by atoms with Gasteiger partial charge < -0.3 is 14.6 Å². The Kier molecular flexibility index (Phi) is 3.20. The summed E-state index contributed by atoms with van der Waals surface area (Å²) >= 11 is 0. The smallest absolute Gasteiger partial charge is 0.399 e. The Morgan fingerprint density at radius 1 is 1.10 bits per heavy atom. The van der Waals surface area contributed by atoms with Crippen molar-refractivity contribution in [1.82, 2.24) is 5.32 Å². The van der Waals surface area contributed by atoms with Gasteiger partial charge in [0.15, 0.2) is 0 Å². The third-order valence-corrected chi connectivity index (χ3v) is 4.72. The zero-order valence-electron chi connectivity index (χ0n) is 12.5. The maximum atomic E-state index is 13.9. The summed E-state index contributed by atoms with van der Waals surface area (Å²) in [5, 5.41) is 3.21. The standard InChI is InChI=1S/C15H21BFNO2/c1-14(2)15(3,4)20-16(19-14)12-5-10(6-13(17)7-12)11-8-18-9-11/h5-7,11,18H,8-9H2,1-4H3. The highest BCUT2D eigenvalue weighted by Gasteiger charge is 2.51. The van der Waals surface area contributed by atoms with Crippen LogP contribution in [0.4, 0.5) is 4.39 Å². The molecule has 3 nitrogen and oxygen atoms in total. The number of hydrogen-bond acceptors (Lipinski definition) is 3. The van der Waals surface area contributed by atoms with Crippen molar-refractivity contribution in [2.75, 3.05) is 13.1 Å². The van der Waals surface area contributed by atoms with Gasteiger partial charge in [0.2, 0.25) is 0 Å². The van der Waals surface area contributed by atoms with Crippen LogP contribution < -0.4 is 10.8 Å². The van der Waals surface area contributed by atoms with Crippen LogP contribution in [0.3, 0.4) is 0 Å². The first-order valence-electron chi connectivity index (χ1n) is 7.15. The molecule has 0 spiro atoms. The summed E-state index contributed by atoms with van der Waals surface area (Å²) in [6, 6.07) is 5.13. The molecule has 2 aliphatic heterocycles. The zero-order chi connectivity index (χ0) is 14.5. The van der Waals surface area contributed by atoms with Crippen LogP contribution in [0.1, 0.15) is 39.2 Å². The van der Waals surface area contributed by atoms with E-state index in [1.165, 1.54) is 6.07 Å². The van der Waals surface area contributed by atoms with Gasteiger partial charge in [-0.2, -0.15) is 0 Å². The number of hydrogen-bond donors (Lipinski definition) is 1. The fraction of sp³-hybridized carbons (Fsp3) is 0.600. The maximum Gasteiger partial charge on any atom is 0.494 e. The summed E-state index contributed by atoms with van der Waals surface area (Å²) in [4.78, 5) is 0. The number of rotatable bonds is 2. The molecule has 0 aromatic heterocycles. The average Bonchev–Trinajstić information content (AvgIpc) is 2.45. The van der Waals surface area contributed by atoms with Crippen LogP contribution in [0.5, 0.6) is 0 Å². The monoisotopic (exact) mass is 277 g/mol. The van der Waals surface area contributed by atoms with Gasteiger partial charge >= 0.3 is 7.12 Å². The largest absolute Gasteiger partial charge is 0.494 e. The molecule has 2 fully saturated rings. The van der Waals surface area contributed by atoms with Crippen LogP contribution in [0.25, 0.3) is 0 Å². The van der Waals surface area contributed by atoms with Crippen molar-refractivity contribution in [1.29, 1.82) is 0 Å². The van der Waals surface area contributed by atoms with Crippen LogP contribution >= 0.6 is 0 Å². The lowest BCUT2D eigenvalue weighted by atomic mass is 9.76. The Balaban J connectivity index is 1.89. The molecule has 20 heavy (non-hydrogen) atoms. The van der Waals surface area contributed by atoms with Crippen molar-refractivity contribution in [3.05, 3.63) is 29.6 Å². The normalized spacial score (nSPS) is 24.8. The van der Waals surface area contributed by atoms with Gasteiger partial charge in [0, 0.05) is 19.0 Å².